The lowest BCUT2D eigenvalue weighted by Crippen LogP contribution is -2.54. The van der Waals surface area contributed by atoms with E-state index in [2.05, 4.69) is 35.5 Å². The highest BCUT2D eigenvalue weighted by Gasteiger charge is 2.45. The molecule has 4 saturated heterocycles. The third-order valence-corrected chi connectivity index (χ3v) is 12.3. The molecule has 1 atom stereocenters. The Morgan fingerprint density at radius 3 is 2.13 bits per heavy atom. The minimum Gasteiger partial charge on any atom is -0.473 e. The van der Waals surface area contributed by atoms with Crippen LogP contribution in [0.1, 0.15) is 77.6 Å². The van der Waals surface area contributed by atoms with E-state index < -0.39 is 47.1 Å². The Bertz CT molecular complexity index is 2210. The highest BCUT2D eigenvalue weighted by atomic mass is 19.4. The molecule has 0 aliphatic carbocycles. The lowest BCUT2D eigenvalue weighted by molar-refractivity contribution is -0.137. The highest BCUT2D eigenvalue weighted by molar-refractivity contribution is 6.23. The van der Waals surface area contributed by atoms with E-state index in [1.165, 1.54) is 12.1 Å². The second-order valence-electron chi connectivity index (χ2n) is 16.0. The number of halogens is 3. The third kappa shape index (κ3) is 8.62. The summed E-state index contributed by atoms with van der Waals surface area (Å²) in [6, 6.07) is 11.3. The van der Waals surface area contributed by atoms with Crippen LogP contribution < -0.4 is 25.2 Å². The standard InChI is InChI=1S/C42H44F3N9O6/c1-46-33-5-3-28(23-32(33)42(43,44)45)53-20-12-26(13-21-53)38(56)47-35-7-9-37(50-49-35)60-29-14-16-51(17-15-29)24-25-10-18-52(19-11-25)27-2-4-30-31(22-27)41(59)54(40(30)58)34-6-8-36(55)48-39(34)57/h2-5,7,9,22-23,25-26,29,34H,6,8,10-21,24H2,(H,47,49,56)(H,48,55,57). The Morgan fingerprint density at radius 1 is 0.817 bits per heavy atom. The quantitative estimate of drug-likeness (QED) is 0.219. The largest absolute Gasteiger partial charge is 0.473 e. The summed E-state index contributed by atoms with van der Waals surface area (Å²) < 4.78 is 46.5. The van der Waals surface area contributed by atoms with Gasteiger partial charge < -0.3 is 24.8 Å². The van der Waals surface area contributed by atoms with Crippen molar-refractivity contribution in [1.29, 1.82) is 0 Å². The number of aromatic nitrogens is 2. The van der Waals surface area contributed by atoms with Crippen LogP contribution in [0.2, 0.25) is 0 Å². The predicted octanol–water partition coefficient (Wildman–Crippen LogP) is 5.06. The van der Waals surface area contributed by atoms with E-state index in [4.69, 9.17) is 11.3 Å². The summed E-state index contributed by atoms with van der Waals surface area (Å²) in [6.45, 7) is 12.2. The van der Waals surface area contributed by atoms with E-state index in [9.17, 15) is 37.1 Å². The molecule has 0 bridgehead atoms. The topological polar surface area (TPSA) is 162 Å². The van der Waals surface area contributed by atoms with Gasteiger partial charge in [-0.1, -0.05) is 6.07 Å². The van der Waals surface area contributed by atoms with E-state index in [-0.39, 0.29) is 47.7 Å². The zero-order chi connectivity index (χ0) is 42.1. The van der Waals surface area contributed by atoms with Crippen LogP contribution in [0, 0.1) is 18.4 Å². The van der Waals surface area contributed by atoms with E-state index in [0.717, 1.165) is 75.1 Å². The number of benzene rings is 2. The van der Waals surface area contributed by atoms with E-state index in [0.29, 0.717) is 43.4 Å². The van der Waals surface area contributed by atoms with Gasteiger partial charge in [0, 0.05) is 75.6 Å². The molecule has 18 heteroatoms. The predicted molar refractivity (Wildman–Crippen MR) is 211 cm³/mol. The molecule has 4 fully saturated rings. The summed E-state index contributed by atoms with van der Waals surface area (Å²) in [5, 5.41) is 13.3. The molecule has 1 aromatic heterocycles. The molecule has 3 aromatic rings. The molecule has 2 N–H and O–H groups in total. The van der Waals surface area contributed by atoms with Crippen molar-refractivity contribution in [2.24, 2.45) is 11.8 Å². The summed E-state index contributed by atoms with van der Waals surface area (Å²) in [6.07, 6.45) is 0.0536. The number of ether oxygens (including phenoxy) is 1. The van der Waals surface area contributed by atoms with E-state index in [1.54, 1.807) is 29.2 Å². The smallest absolute Gasteiger partial charge is 0.407 e. The van der Waals surface area contributed by atoms with Gasteiger partial charge in [-0.05, 0) is 87.3 Å². The van der Waals surface area contributed by atoms with Crippen molar-refractivity contribution in [2.45, 2.75) is 69.7 Å². The van der Waals surface area contributed by atoms with Crippen LogP contribution in [-0.4, -0.2) is 107 Å². The summed E-state index contributed by atoms with van der Waals surface area (Å²) in [5.74, 6) is -1.45. The number of hydrogen-bond acceptors (Lipinski definition) is 11. The Hall–Kier alpha value is -6.09. The molecule has 60 heavy (non-hydrogen) atoms. The van der Waals surface area contributed by atoms with Crippen molar-refractivity contribution >= 4 is 52.4 Å². The maximum atomic E-state index is 13.5. The first-order chi connectivity index (χ1) is 28.8. The molecule has 0 spiro atoms. The number of amides is 5. The molecule has 0 saturated carbocycles. The normalized spacial score (nSPS) is 21.2. The number of anilines is 3. The molecular formula is C42H44F3N9O6. The molecule has 6 heterocycles. The number of nitrogens with zero attached hydrogens (tertiary/aromatic N) is 7. The fourth-order valence-electron chi connectivity index (χ4n) is 8.90. The van der Waals surface area contributed by atoms with Crippen molar-refractivity contribution in [1.82, 2.24) is 25.3 Å². The first-order valence-electron chi connectivity index (χ1n) is 20.3. The van der Waals surface area contributed by atoms with E-state index >= 15 is 0 Å². The molecule has 5 aliphatic heterocycles. The number of rotatable bonds is 9. The van der Waals surface area contributed by atoms with Gasteiger partial charge in [0.25, 0.3) is 11.8 Å². The molecular weight excluding hydrogens is 784 g/mol. The monoisotopic (exact) mass is 827 g/mol. The van der Waals surface area contributed by atoms with Crippen LogP contribution in [-0.2, 0) is 20.6 Å². The molecule has 5 amide bonds. The summed E-state index contributed by atoms with van der Waals surface area (Å²) in [5.41, 5.74) is 0.397. The van der Waals surface area contributed by atoms with Gasteiger partial charge >= 0.3 is 6.18 Å². The van der Waals surface area contributed by atoms with Crippen molar-refractivity contribution in [3.05, 3.63) is 76.6 Å². The van der Waals surface area contributed by atoms with Crippen LogP contribution >= 0.6 is 0 Å². The van der Waals surface area contributed by atoms with Crippen LogP contribution in [0.4, 0.5) is 36.1 Å². The summed E-state index contributed by atoms with van der Waals surface area (Å²) in [7, 11) is 0. The van der Waals surface area contributed by atoms with Crippen LogP contribution in [0.5, 0.6) is 5.88 Å². The van der Waals surface area contributed by atoms with Crippen molar-refractivity contribution in [3.63, 3.8) is 0 Å². The van der Waals surface area contributed by atoms with Gasteiger partial charge in [-0.25, -0.2) is 4.85 Å². The Morgan fingerprint density at radius 2 is 1.48 bits per heavy atom. The number of alkyl halides is 3. The van der Waals surface area contributed by atoms with Crippen LogP contribution in [0.25, 0.3) is 4.85 Å². The van der Waals surface area contributed by atoms with Gasteiger partial charge in [-0.2, -0.15) is 13.2 Å². The van der Waals surface area contributed by atoms with Gasteiger partial charge in [-0.3, -0.25) is 34.2 Å². The van der Waals surface area contributed by atoms with Gasteiger partial charge in [0.1, 0.15) is 12.1 Å². The lowest BCUT2D eigenvalue weighted by atomic mass is 9.94. The van der Waals surface area contributed by atoms with Gasteiger partial charge in [0.05, 0.1) is 23.3 Å². The number of imide groups is 2. The minimum absolute atomic E-state index is 0.0203. The molecule has 314 valence electrons. The number of carbonyl (C=O) groups is 5. The van der Waals surface area contributed by atoms with Crippen molar-refractivity contribution in [3.8, 4) is 5.88 Å². The Labute approximate surface area is 344 Å². The first-order valence-corrected chi connectivity index (χ1v) is 20.3. The minimum atomic E-state index is -4.63. The number of hydrogen-bond donors (Lipinski definition) is 2. The number of nitrogens with one attached hydrogen (secondary N) is 2. The average molecular weight is 828 g/mol. The number of carbonyl (C=O) groups excluding carboxylic acids is 5. The zero-order valence-electron chi connectivity index (χ0n) is 32.7. The highest BCUT2D eigenvalue weighted by Crippen LogP contribution is 2.39. The fourth-order valence-corrected chi connectivity index (χ4v) is 8.90. The second kappa shape index (κ2) is 16.9. The summed E-state index contributed by atoms with van der Waals surface area (Å²) in [4.78, 5) is 73.9. The van der Waals surface area contributed by atoms with Crippen LogP contribution in [0.3, 0.4) is 0 Å². The second-order valence-corrected chi connectivity index (χ2v) is 16.0. The van der Waals surface area contributed by atoms with Crippen LogP contribution in [0.15, 0.2) is 48.5 Å². The fraction of sp³-hybridized carbons (Fsp3) is 0.476. The Kier molecular flexibility index (Phi) is 11.4. The number of likely N-dealkylation sites (tertiary alicyclic amines) is 1. The van der Waals surface area contributed by atoms with Crippen molar-refractivity contribution in [2.75, 3.05) is 60.9 Å². The summed E-state index contributed by atoms with van der Waals surface area (Å²) >= 11 is 0. The zero-order valence-corrected chi connectivity index (χ0v) is 32.7. The maximum absolute atomic E-state index is 13.5. The maximum Gasteiger partial charge on any atom is 0.407 e. The first kappa shape index (κ1) is 40.7. The molecule has 0 radical (unpaired) electrons. The number of piperidine rings is 4. The SMILES string of the molecule is [C-]#[N+]c1ccc(N2CCC(C(=O)Nc3ccc(OC4CCN(CC5CCN(c6ccc7c(c6)C(=O)N(C6CCC(=O)NC6=O)C7=O)CC5)CC4)nn3)CC2)cc1C(F)(F)F. The van der Waals surface area contributed by atoms with Gasteiger partial charge in [0.15, 0.2) is 11.5 Å². The molecule has 8 rings (SSSR count). The average Bonchev–Trinajstić information content (AvgIpc) is 3.49. The molecule has 1 unspecified atom stereocenters. The Balaban J connectivity index is 0.745. The molecule has 2 aromatic carbocycles. The van der Waals surface area contributed by atoms with Gasteiger partial charge in [0.2, 0.25) is 23.6 Å². The molecule has 5 aliphatic rings. The lowest BCUT2D eigenvalue weighted by Gasteiger charge is -2.38. The molecule has 15 nitrogen and oxygen atoms in total. The van der Waals surface area contributed by atoms with Crippen molar-refractivity contribution < 1.29 is 41.9 Å². The van der Waals surface area contributed by atoms with Gasteiger partial charge in [-0.15, -0.1) is 10.2 Å². The number of fused-ring (bicyclic) bond motifs is 1. The van der Waals surface area contributed by atoms with E-state index in [1.807, 2.05) is 6.07 Å². The third-order valence-electron chi connectivity index (χ3n) is 12.3.